The lowest BCUT2D eigenvalue weighted by atomic mass is 10.1. The van der Waals surface area contributed by atoms with Gasteiger partial charge in [0, 0.05) is 5.56 Å². The average molecular weight is 239 g/mol. The first-order valence-electron chi connectivity index (χ1n) is 4.88. The topological polar surface area (TPSA) is 25.8 Å². The third kappa shape index (κ3) is 2.36. The van der Waals surface area contributed by atoms with Gasteiger partial charge in [0.15, 0.2) is 5.15 Å². The zero-order valence-electron chi connectivity index (χ0n) is 8.40. The molecule has 1 aromatic heterocycles. The van der Waals surface area contributed by atoms with Crippen LogP contribution in [0.2, 0.25) is 5.15 Å². The van der Waals surface area contributed by atoms with Crippen molar-refractivity contribution in [1.82, 2.24) is 8.75 Å². The number of halogens is 1. The van der Waals surface area contributed by atoms with Gasteiger partial charge < -0.3 is 0 Å². The first kappa shape index (κ1) is 10.6. The lowest BCUT2D eigenvalue weighted by Crippen LogP contribution is -1.83. The van der Waals surface area contributed by atoms with Crippen LogP contribution in [0, 0.1) is 0 Å². The fourth-order valence-corrected chi connectivity index (χ4v) is 2.23. The number of aromatic nitrogens is 2. The molecule has 4 heteroatoms. The number of rotatable bonds is 3. The molecule has 2 nitrogen and oxygen atoms in total. The summed E-state index contributed by atoms with van der Waals surface area (Å²) in [4.78, 5) is 0. The summed E-state index contributed by atoms with van der Waals surface area (Å²) < 4.78 is 8.11. The van der Waals surface area contributed by atoms with Crippen LogP contribution in [0.1, 0.15) is 18.9 Å². The molecule has 0 saturated heterocycles. The van der Waals surface area contributed by atoms with E-state index in [9.17, 15) is 0 Å². The molecule has 0 radical (unpaired) electrons. The van der Waals surface area contributed by atoms with E-state index in [1.54, 1.807) is 0 Å². The Morgan fingerprint density at radius 1 is 1.20 bits per heavy atom. The van der Waals surface area contributed by atoms with Crippen LogP contribution in [0.15, 0.2) is 24.3 Å². The molecule has 0 bridgehead atoms. The maximum Gasteiger partial charge on any atom is 0.170 e. The number of aryl methyl sites for hydroxylation is 1. The molecule has 0 spiro atoms. The van der Waals surface area contributed by atoms with E-state index in [4.69, 9.17) is 11.6 Å². The molecule has 0 fully saturated rings. The van der Waals surface area contributed by atoms with E-state index in [1.807, 2.05) is 12.1 Å². The van der Waals surface area contributed by atoms with Crippen LogP contribution in [-0.4, -0.2) is 8.75 Å². The van der Waals surface area contributed by atoms with Crippen LogP contribution < -0.4 is 0 Å². The summed E-state index contributed by atoms with van der Waals surface area (Å²) in [5.41, 5.74) is 3.17. The van der Waals surface area contributed by atoms with Gasteiger partial charge in [0.25, 0.3) is 0 Å². The molecule has 0 atom stereocenters. The Morgan fingerprint density at radius 3 is 2.47 bits per heavy atom. The van der Waals surface area contributed by atoms with Gasteiger partial charge in [-0.2, -0.15) is 8.75 Å². The van der Waals surface area contributed by atoms with Crippen molar-refractivity contribution in [3.05, 3.63) is 35.0 Å². The second-order valence-corrected chi connectivity index (χ2v) is 4.24. The van der Waals surface area contributed by atoms with Crippen molar-refractivity contribution in [3.63, 3.8) is 0 Å². The molecular formula is C11H11ClN2S. The minimum absolute atomic E-state index is 0.489. The lowest BCUT2D eigenvalue weighted by Gasteiger charge is -2.00. The summed E-state index contributed by atoms with van der Waals surface area (Å²) in [5, 5.41) is 0.489. The Hall–Kier alpha value is -0.930. The molecule has 0 aliphatic rings. The van der Waals surface area contributed by atoms with Crippen molar-refractivity contribution in [3.8, 4) is 11.3 Å². The Balaban J connectivity index is 2.28. The normalized spacial score (nSPS) is 10.5. The largest absolute Gasteiger partial charge is 0.171 e. The first-order chi connectivity index (χ1) is 7.31. The van der Waals surface area contributed by atoms with Crippen LogP contribution in [0.25, 0.3) is 11.3 Å². The fraction of sp³-hybridized carbons (Fsp3) is 0.273. The summed E-state index contributed by atoms with van der Waals surface area (Å²) in [6, 6.07) is 8.34. The zero-order chi connectivity index (χ0) is 10.7. The third-order valence-electron chi connectivity index (χ3n) is 2.21. The highest BCUT2D eigenvalue weighted by atomic mass is 35.5. The highest BCUT2D eigenvalue weighted by Crippen LogP contribution is 2.25. The van der Waals surface area contributed by atoms with E-state index < -0.39 is 0 Å². The minimum atomic E-state index is 0.489. The van der Waals surface area contributed by atoms with E-state index in [0.29, 0.717) is 5.15 Å². The molecule has 1 aromatic carbocycles. The molecule has 1 heterocycles. The molecule has 2 aromatic rings. The van der Waals surface area contributed by atoms with E-state index in [1.165, 1.54) is 12.0 Å². The van der Waals surface area contributed by atoms with Crippen LogP contribution in [-0.2, 0) is 6.42 Å². The average Bonchev–Trinajstić information content (AvgIpc) is 2.66. The summed E-state index contributed by atoms with van der Waals surface area (Å²) >= 11 is 7.06. The Bertz CT molecular complexity index is 436. The molecule has 0 aliphatic carbocycles. The highest BCUT2D eigenvalue weighted by molar-refractivity contribution is 6.99. The van der Waals surface area contributed by atoms with Crippen molar-refractivity contribution in [2.24, 2.45) is 0 Å². The smallest absolute Gasteiger partial charge is 0.170 e. The van der Waals surface area contributed by atoms with Gasteiger partial charge in [0.2, 0.25) is 0 Å². The van der Waals surface area contributed by atoms with Gasteiger partial charge >= 0.3 is 0 Å². The second kappa shape index (κ2) is 4.73. The van der Waals surface area contributed by atoms with E-state index in [2.05, 4.69) is 27.8 Å². The molecule has 0 unspecified atom stereocenters. The highest BCUT2D eigenvalue weighted by Gasteiger charge is 2.07. The molecule has 0 amide bonds. The Labute approximate surface area is 98.2 Å². The van der Waals surface area contributed by atoms with Crippen molar-refractivity contribution in [1.29, 1.82) is 0 Å². The maximum atomic E-state index is 5.91. The van der Waals surface area contributed by atoms with Crippen LogP contribution in [0.3, 0.4) is 0 Å². The summed E-state index contributed by atoms with van der Waals surface area (Å²) in [5.74, 6) is 0. The number of nitrogens with zero attached hydrogens (tertiary/aromatic N) is 2. The van der Waals surface area contributed by atoms with Gasteiger partial charge in [0.1, 0.15) is 5.69 Å². The van der Waals surface area contributed by atoms with E-state index >= 15 is 0 Å². The Kier molecular flexibility index (Phi) is 3.34. The number of hydrogen-bond acceptors (Lipinski definition) is 3. The molecule has 0 saturated carbocycles. The number of benzene rings is 1. The lowest BCUT2D eigenvalue weighted by molar-refractivity contribution is 0.922. The monoisotopic (exact) mass is 238 g/mol. The summed E-state index contributed by atoms with van der Waals surface area (Å²) in [6.45, 7) is 2.18. The quantitative estimate of drug-likeness (QED) is 0.813. The van der Waals surface area contributed by atoms with Crippen molar-refractivity contribution >= 4 is 23.3 Å². The van der Waals surface area contributed by atoms with E-state index in [0.717, 1.165) is 29.4 Å². The molecule has 15 heavy (non-hydrogen) atoms. The predicted octanol–water partition coefficient (Wildman–Crippen LogP) is 3.81. The second-order valence-electron chi connectivity index (χ2n) is 3.35. The van der Waals surface area contributed by atoms with Gasteiger partial charge in [-0.3, -0.25) is 0 Å². The SMILES string of the molecule is CCCc1ccc(-c2nsnc2Cl)cc1. The fourth-order valence-electron chi connectivity index (χ4n) is 1.47. The predicted molar refractivity (Wildman–Crippen MR) is 64.4 cm³/mol. The summed E-state index contributed by atoms with van der Waals surface area (Å²) in [7, 11) is 0. The zero-order valence-corrected chi connectivity index (χ0v) is 9.98. The van der Waals surface area contributed by atoms with Crippen LogP contribution in [0.5, 0.6) is 0 Å². The van der Waals surface area contributed by atoms with Crippen molar-refractivity contribution in [2.75, 3.05) is 0 Å². The van der Waals surface area contributed by atoms with Gasteiger partial charge in [-0.15, -0.1) is 0 Å². The standard InChI is InChI=1S/C11H11ClN2S/c1-2-3-8-4-6-9(7-5-8)10-11(12)14-15-13-10/h4-7H,2-3H2,1H3. The van der Waals surface area contributed by atoms with Crippen LogP contribution >= 0.6 is 23.3 Å². The van der Waals surface area contributed by atoms with Gasteiger partial charge in [-0.05, 0) is 12.0 Å². The van der Waals surface area contributed by atoms with Crippen molar-refractivity contribution < 1.29 is 0 Å². The molecule has 2 rings (SSSR count). The van der Waals surface area contributed by atoms with Gasteiger partial charge in [-0.1, -0.05) is 49.2 Å². The molecule has 0 aliphatic heterocycles. The molecule has 78 valence electrons. The van der Waals surface area contributed by atoms with Crippen LogP contribution in [0.4, 0.5) is 0 Å². The Morgan fingerprint density at radius 2 is 1.93 bits per heavy atom. The number of hydrogen-bond donors (Lipinski definition) is 0. The molecular weight excluding hydrogens is 228 g/mol. The van der Waals surface area contributed by atoms with Crippen molar-refractivity contribution in [2.45, 2.75) is 19.8 Å². The van der Waals surface area contributed by atoms with E-state index in [-0.39, 0.29) is 0 Å². The first-order valence-corrected chi connectivity index (χ1v) is 5.99. The molecule has 0 N–H and O–H groups in total. The van der Waals surface area contributed by atoms with Gasteiger partial charge in [-0.25, -0.2) is 0 Å². The maximum absolute atomic E-state index is 5.91. The third-order valence-corrected chi connectivity index (χ3v) is 3.11. The van der Waals surface area contributed by atoms with Gasteiger partial charge in [0.05, 0.1) is 11.7 Å². The minimum Gasteiger partial charge on any atom is -0.171 e. The summed E-state index contributed by atoms with van der Waals surface area (Å²) in [6.07, 6.45) is 2.28.